The molecule has 0 aliphatic carbocycles. The van der Waals surface area contributed by atoms with Crippen LogP contribution in [0.5, 0.6) is 0 Å². The van der Waals surface area contributed by atoms with Gasteiger partial charge in [-0.2, -0.15) is 0 Å². The zero-order chi connectivity index (χ0) is 22.1. The van der Waals surface area contributed by atoms with Crippen LogP contribution in [0.15, 0.2) is 42.5 Å². The maximum absolute atomic E-state index is 13.1. The summed E-state index contributed by atoms with van der Waals surface area (Å²) in [5.41, 5.74) is 1.27. The predicted molar refractivity (Wildman–Crippen MR) is 110 cm³/mol. The number of imide groups is 1. The zero-order valence-electron chi connectivity index (χ0n) is 17.1. The van der Waals surface area contributed by atoms with Crippen molar-refractivity contribution in [1.82, 2.24) is 10.2 Å². The van der Waals surface area contributed by atoms with Crippen molar-refractivity contribution in [1.29, 1.82) is 0 Å². The molecule has 1 aliphatic rings. The number of nitrogens with zero attached hydrogens (tertiary/aromatic N) is 2. The van der Waals surface area contributed by atoms with Gasteiger partial charge in [0, 0.05) is 17.7 Å². The van der Waals surface area contributed by atoms with Crippen LogP contribution < -0.4 is 5.32 Å². The first-order chi connectivity index (χ1) is 14.2. The molecule has 3 rings (SSSR count). The Balaban J connectivity index is 1.86. The molecule has 0 spiro atoms. The van der Waals surface area contributed by atoms with Crippen LogP contribution in [-0.4, -0.2) is 34.1 Å². The summed E-state index contributed by atoms with van der Waals surface area (Å²) < 4.78 is 0. The molecule has 0 radical (unpaired) electrons. The maximum atomic E-state index is 13.1. The fraction of sp³-hybridized carbons (Fsp3) is 0.318. The van der Waals surface area contributed by atoms with Gasteiger partial charge in [0.2, 0.25) is 0 Å². The number of urea groups is 1. The van der Waals surface area contributed by atoms with Crippen LogP contribution in [-0.2, 0) is 23.2 Å². The first-order valence-electron chi connectivity index (χ1n) is 9.75. The van der Waals surface area contributed by atoms with E-state index in [1.165, 1.54) is 31.2 Å². The number of hydrogen-bond donors (Lipinski definition) is 1. The Kier molecular flexibility index (Phi) is 5.69. The van der Waals surface area contributed by atoms with Crippen molar-refractivity contribution >= 4 is 23.4 Å². The molecule has 1 atom stereocenters. The second-order valence-corrected chi connectivity index (χ2v) is 7.37. The van der Waals surface area contributed by atoms with Gasteiger partial charge in [0.05, 0.1) is 11.5 Å². The van der Waals surface area contributed by atoms with E-state index >= 15 is 0 Å². The average molecular weight is 409 g/mol. The Morgan fingerprint density at radius 3 is 2.33 bits per heavy atom. The van der Waals surface area contributed by atoms with E-state index in [0.717, 1.165) is 22.4 Å². The number of hydrogen-bond acceptors (Lipinski definition) is 5. The molecule has 1 N–H and O–H groups in total. The van der Waals surface area contributed by atoms with Crippen molar-refractivity contribution in [3.63, 3.8) is 0 Å². The predicted octanol–water partition coefficient (Wildman–Crippen LogP) is 3.37. The molecule has 2 aromatic rings. The van der Waals surface area contributed by atoms with Crippen molar-refractivity contribution < 1.29 is 19.3 Å². The normalized spacial score (nSPS) is 18.4. The molecule has 0 saturated carbocycles. The molecule has 156 valence electrons. The lowest BCUT2D eigenvalue weighted by molar-refractivity contribution is -0.384. The third-order valence-electron chi connectivity index (χ3n) is 5.50. The van der Waals surface area contributed by atoms with Gasteiger partial charge >= 0.3 is 6.03 Å². The summed E-state index contributed by atoms with van der Waals surface area (Å²) in [4.78, 5) is 49.8. The first-order valence-corrected chi connectivity index (χ1v) is 9.75. The maximum Gasteiger partial charge on any atom is 0.325 e. The lowest BCUT2D eigenvalue weighted by Crippen LogP contribution is -2.41. The Bertz CT molecular complexity index is 1030. The monoisotopic (exact) mass is 409 g/mol. The van der Waals surface area contributed by atoms with Gasteiger partial charge in [0.25, 0.3) is 11.6 Å². The molecule has 0 aromatic heterocycles. The van der Waals surface area contributed by atoms with E-state index in [1.54, 1.807) is 0 Å². The first kappa shape index (κ1) is 21.2. The van der Waals surface area contributed by atoms with Crippen LogP contribution in [0.3, 0.4) is 0 Å². The van der Waals surface area contributed by atoms with E-state index in [9.17, 15) is 24.5 Å². The highest BCUT2D eigenvalue weighted by Crippen LogP contribution is 2.30. The van der Waals surface area contributed by atoms with Gasteiger partial charge < -0.3 is 5.32 Å². The van der Waals surface area contributed by atoms with E-state index in [4.69, 9.17) is 0 Å². The number of rotatable bonds is 7. The highest BCUT2D eigenvalue weighted by Gasteiger charge is 2.49. The second-order valence-electron chi connectivity index (χ2n) is 7.37. The Morgan fingerprint density at radius 1 is 1.10 bits per heavy atom. The van der Waals surface area contributed by atoms with Crippen LogP contribution >= 0.6 is 0 Å². The molecule has 0 bridgehead atoms. The van der Waals surface area contributed by atoms with Gasteiger partial charge in [0.1, 0.15) is 5.54 Å². The number of non-ortho nitro benzene ring substituents is 1. The number of nitro benzene ring substituents is 1. The second kappa shape index (κ2) is 8.06. The summed E-state index contributed by atoms with van der Waals surface area (Å²) in [5, 5.41) is 13.5. The minimum atomic E-state index is -1.40. The largest absolute Gasteiger partial charge is 0.325 e. The molecule has 1 fully saturated rings. The van der Waals surface area contributed by atoms with Gasteiger partial charge in [-0.15, -0.1) is 0 Å². The zero-order valence-corrected chi connectivity index (χ0v) is 17.1. The molecule has 3 amide bonds. The summed E-state index contributed by atoms with van der Waals surface area (Å²) in [6.07, 6.45) is 1.43. The third kappa shape index (κ3) is 3.68. The van der Waals surface area contributed by atoms with Gasteiger partial charge in [0.15, 0.2) is 5.78 Å². The number of ketones is 1. The SMILES string of the molecule is CCc1ccc(CC)c(C(=O)CN2C(=O)N[C@@](C)(c3ccc([N+](=O)[O-])cc3)C2=O)c1. The van der Waals surface area contributed by atoms with Gasteiger partial charge in [-0.3, -0.25) is 24.6 Å². The number of Topliss-reactive ketones (excluding diaryl/α,β-unsaturated/α-hetero) is 1. The number of amides is 3. The molecular formula is C22H23N3O5. The van der Waals surface area contributed by atoms with E-state index in [-0.39, 0.29) is 18.0 Å². The summed E-state index contributed by atoms with van der Waals surface area (Å²) in [6.45, 7) is 5.08. The van der Waals surface area contributed by atoms with Crippen LogP contribution in [0.1, 0.15) is 47.8 Å². The van der Waals surface area contributed by atoms with Crippen LogP contribution in [0.2, 0.25) is 0 Å². The standard InChI is InChI=1S/C22H23N3O5/c1-4-14-6-7-15(5-2)18(12-14)19(26)13-24-20(27)22(3,23-21(24)28)16-8-10-17(11-9-16)25(29)30/h6-12H,4-5,13H2,1-3H3,(H,23,28)/t22-/m0/s1. The van der Waals surface area contributed by atoms with Crippen molar-refractivity contribution in [2.45, 2.75) is 39.2 Å². The van der Waals surface area contributed by atoms with E-state index in [0.29, 0.717) is 17.5 Å². The Morgan fingerprint density at radius 2 is 1.77 bits per heavy atom. The fourth-order valence-electron chi connectivity index (χ4n) is 3.59. The molecular weight excluding hydrogens is 386 g/mol. The van der Waals surface area contributed by atoms with Crippen molar-refractivity contribution in [2.75, 3.05) is 6.54 Å². The molecule has 1 saturated heterocycles. The van der Waals surface area contributed by atoms with Gasteiger partial charge in [-0.05, 0) is 54.7 Å². The number of carbonyl (C=O) groups is 3. The number of benzene rings is 2. The Hall–Kier alpha value is -3.55. The van der Waals surface area contributed by atoms with E-state index in [2.05, 4.69) is 5.32 Å². The summed E-state index contributed by atoms with van der Waals surface area (Å²) in [6, 6.07) is 10.4. The van der Waals surface area contributed by atoms with Gasteiger partial charge in [-0.1, -0.05) is 26.0 Å². The molecule has 0 unspecified atom stereocenters. The van der Waals surface area contributed by atoms with Crippen molar-refractivity contribution in [2.24, 2.45) is 0 Å². The van der Waals surface area contributed by atoms with Gasteiger partial charge in [-0.25, -0.2) is 4.79 Å². The molecule has 8 heteroatoms. The quantitative estimate of drug-likeness (QED) is 0.326. The summed E-state index contributed by atoms with van der Waals surface area (Å²) >= 11 is 0. The number of carbonyl (C=O) groups excluding carboxylic acids is 3. The molecule has 8 nitrogen and oxygen atoms in total. The van der Waals surface area contributed by atoms with Crippen LogP contribution in [0, 0.1) is 10.1 Å². The topological polar surface area (TPSA) is 110 Å². The minimum Gasteiger partial charge on any atom is -0.319 e. The molecule has 30 heavy (non-hydrogen) atoms. The number of aryl methyl sites for hydroxylation is 2. The summed E-state index contributed by atoms with van der Waals surface area (Å²) in [7, 11) is 0. The number of nitrogens with one attached hydrogen (secondary N) is 1. The highest BCUT2D eigenvalue weighted by molar-refractivity contribution is 6.11. The third-order valence-corrected chi connectivity index (χ3v) is 5.50. The van der Waals surface area contributed by atoms with Crippen molar-refractivity contribution in [3.8, 4) is 0 Å². The van der Waals surface area contributed by atoms with E-state index in [1.807, 2.05) is 32.0 Å². The lowest BCUT2D eigenvalue weighted by Gasteiger charge is -2.22. The average Bonchev–Trinajstić information content (AvgIpc) is 2.97. The smallest absolute Gasteiger partial charge is 0.319 e. The number of nitro groups is 1. The van der Waals surface area contributed by atoms with Crippen LogP contribution in [0.25, 0.3) is 0 Å². The van der Waals surface area contributed by atoms with Crippen LogP contribution in [0.4, 0.5) is 10.5 Å². The minimum absolute atomic E-state index is 0.117. The molecule has 1 aliphatic heterocycles. The van der Waals surface area contributed by atoms with E-state index < -0.39 is 22.4 Å². The highest BCUT2D eigenvalue weighted by atomic mass is 16.6. The molecule has 1 heterocycles. The fourth-order valence-corrected chi connectivity index (χ4v) is 3.59. The van der Waals surface area contributed by atoms with Crippen molar-refractivity contribution in [3.05, 3.63) is 74.8 Å². The lowest BCUT2D eigenvalue weighted by atomic mass is 9.91. The molecule has 2 aromatic carbocycles. The Labute approximate surface area is 174 Å². The summed E-state index contributed by atoms with van der Waals surface area (Å²) in [5.74, 6) is -0.877.